The molecule has 1 fully saturated rings. The molecule has 96 valence electrons. The summed E-state index contributed by atoms with van der Waals surface area (Å²) in [4.78, 5) is 28.3. The van der Waals surface area contributed by atoms with E-state index in [1.165, 1.54) is 4.90 Å². The number of morpholine rings is 1. The minimum atomic E-state index is -1.10. The molecule has 0 radical (unpaired) electrons. The molecule has 1 aliphatic heterocycles. The van der Waals surface area contributed by atoms with Gasteiger partial charge in [0.15, 0.2) is 6.10 Å². The van der Waals surface area contributed by atoms with Crippen LogP contribution in [0.15, 0.2) is 18.3 Å². The Balaban J connectivity index is 2.37. The lowest BCUT2D eigenvalue weighted by atomic mass is 10.0. The number of carbonyl (C=O) groups is 2. The summed E-state index contributed by atoms with van der Waals surface area (Å²) in [6.07, 6.45) is 0.559. The lowest BCUT2D eigenvalue weighted by Crippen LogP contribution is -2.50. The maximum absolute atomic E-state index is 11.6. The Labute approximate surface area is 104 Å². The molecule has 1 aliphatic rings. The quantitative estimate of drug-likeness (QED) is 0.820. The van der Waals surface area contributed by atoms with Gasteiger partial charge in [0.25, 0.3) is 0 Å². The first kappa shape index (κ1) is 12.5. The lowest BCUT2D eigenvalue weighted by molar-refractivity contribution is -0.171. The fraction of sp³-hybridized carbons (Fsp3) is 0.417. The molecule has 0 aromatic carbocycles. The molecule has 2 rings (SSSR count). The number of likely N-dealkylation sites (N-methyl/N-ethyl adjacent to an activating group) is 1. The Hall–Kier alpha value is -1.95. The predicted octanol–water partition coefficient (Wildman–Crippen LogP) is 0.373. The van der Waals surface area contributed by atoms with Crippen molar-refractivity contribution in [3.8, 4) is 0 Å². The van der Waals surface area contributed by atoms with Gasteiger partial charge >= 0.3 is 5.97 Å². The number of rotatable bonds is 2. The van der Waals surface area contributed by atoms with Crippen molar-refractivity contribution < 1.29 is 19.4 Å². The van der Waals surface area contributed by atoms with Crippen molar-refractivity contribution in [1.82, 2.24) is 9.88 Å². The van der Waals surface area contributed by atoms with Gasteiger partial charge in [0, 0.05) is 13.2 Å². The molecule has 0 aliphatic carbocycles. The highest BCUT2D eigenvalue weighted by atomic mass is 16.5. The number of nitrogens with zero attached hydrogens (tertiary/aromatic N) is 2. The highest BCUT2D eigenvalue weighted by Gasteiger charge is 2.40. The number of hydrogen-bond donors (Lipinski definition) is 1. The summed E-state index contributed by atoms with van der Waals surface area (Å²) in [5.74, 6) is -1.35. The van der Waals surface area contributed by atoms with Gasteiger partial charge in [-0.05, 0) is 18.6 Å². The number of carboxylic acid groups (broad SMARTS) is 1. The summed E-state index contributed by atoms with van der Waals surface area (Å²) >= 11 is 0. The first-order valence-corrected chi connectivity index (χ1v) is 5.53. The van der Waals surface area contributed by atoms with E-state index < -0.39 is 18.1 Å². The molecule has 1 amide bonds. The number of amides is 1. The summed E-state index contributed by atoms with van der Waals surface area (Å²) in [5.41, 5.74) is 1.49. The molecule has 0 bridgehead atoms. The number of carbonyl (C=O) groups excluding carboxylic acids is 1. The fourth-order valence-corrected chi connectivity index (χ4v) is 1.93. The second kappa shape index (κ2) is 4.73. The average Bonchev–Trinajstić information content (AvgIpc) is 2.33. The van der Waals surface area contributed by atoms with Crippen LogP contribution in [0.25, 0.3) is 0 Å². The molecule has 2 unspecified atom stereocenters. The third-order valence-electron chi connectivity index (χ3n) is 2.96. The molecule has 2 heterocycles. The number of aromatic nitrogens is 1. The summed E-state index contributed by atoms with van der Waals surface area (Å²) in [6.45, 7) is 1.67. The van der Waals surface area contributed by atoms with Crippen molar-refractivity contribution in [3.05, 3.63) is 29.6 Å². The average molecular weight is 250 g/mol. The Morgan fingerprint density at radius 2 is 2.28 bits per heavy atom. The van der Waals surface area contributed by atoms with E-state index in [-0.39, 0.29) is 12.5 Å². The Morgan fingerprint density at radius 3 is 2.83 bits per heavy atom. The van der Waals surface area contributed by atoms with Gasteiger partial charge in [0.05, 0.1) is 5.69 Å². The highest BCUT2D eigenvalue weighted by molar-refractivity contribution is 5.82. The van der Waals surface area contributed by atoms with E-state index in [0.29, 0.717) is 5.69 Å². The molecule has 6 heteroatoms. The van der Waals surface area contributed by atoms with Crippen molar-refractivity contribution >= 4 is 11.9 Å². The Kier molecular flexibility index (Phi) is 3.29. The van der Waals surface area contributed by atoms with Gasteiger partial charge in [-0.15, -0.1) is 0 Å². The van der Waals surface area contributed by atoms with Crippen LogP contribution in [0.5, 0.6) is 0 Å². The van der Waals surface area contributed by atoms with Crippen molar-refractivity contribution in [2.45, 2.75) is 19.1 Å². The van der Waals surface area contributed by atoms with Crippen LogP contribution in [0.1, 0.15) is 17.3 Å². The highest BCUT2D eigenvalue weighted by Crippen LogP contribution is 2.27. The van der Waals surface area contributed by atoms with E-state index in [2.05, 4.69) is 4.98 Å². The molecule has 1 aromatic rings. The first-order valence-electron chi connectivity index (χ1n) is 5.53. The molecule has 0 saturated carbocycles. The summed E-state index contributed by atoms with van der Waals surface area (Å²) < 4.78 is 5.09. The third-order valence-corrected chi connectivity index (χ3v) is 2.96. The van der Waals surface area contributed by atoms with E-state index in [9.17, 15) is 9.59 Å². The van der Waals surface area contributed by atoms with Crippen molar-refractivity contribution in [2.24, 2.45) is 0 Å². The summed E-state index contributed by atoms with van der Waals surface area (Å²) in [5, 5.41) is 9.14. The number of aliphatic carboxylic acids is 1. The topological polar surface area (TPSA) is 79.7 Å². The molecular formula is C12H14N2O4. The van der Waals surface area contributed by atoms with Crippen LogP contribution in [0.4, 0.5) is 0 Å². The van der Waals surface area contributed by atoms with E-state index in [0.717, 1.165) is 5.56 Å². The number of ether oxygens (including phenoxy) is 1. The fourth-order valence-electron chi connectivity index (χ4n) is 1.93. The van der Waals surface area contributed by atoms with E-state index in [1.54, 1.807) is 19.3 Å². The largest absolute Gasteiger partial charge is 0.479 e. The number of aryl methyl sites for hydroxylation is 1. The van der Waals surface area contributed by atoms with E-state index in [1.807, 2.05) is 13.0 Å². The van der Waals surface area contributed by atoms with Crippen LogP contribution >= 0.6 is 0 Å². The Morgan fingerprint density at radius 1 is 1.56 bits per heavy atom. The zero-order valence-electron chi connectivity index (χ0n) is 10.2. The second-order valence-corrected chi connectivity index (χ2v) is 4.28. The zero-order valence-corrected chi connectivity index (χ0v) is 10.2. The van der Waals surface area contributed by atoms with Crippen LogP contribution in [-0.4, -0.2) is 46.6 Å². The van der Waals surface area contributed by atoms with Crippen LogP contribution in [0.3, 0.4) is 0 Å². The smallest absolute Gasteiger partial charge is 0.335 e. The molecule has 6 nitrogen and oxygen atoms in total. The minimum absolute atomic E-state index is 0.212. The van der Waals surface area contributed by atoms with Crippen LogP contribution < -0.4 is 0 Å². The molecule has 0 spiro atoms. The maximum Gasteiger partial charge on any atom is 0.335 e. The van der Waals surface area contributed by atoms with Crippen molar-refractivity contribution in [3.63, 3.8) is 0 Å². The molecular weight excluding hydrogens is 236 g/mol. The Bertz CT molecular complexity index is 471. The van der Waals surface area contributed by atoms with E-state index in [4.69, 9.17) is 9.84 Å². The van der Waals surface area contributed by atoms with Gasteiger partial charge in [-0.1, -0.05) is 6.07 Å². The second-order valence-electron chi connectivity index (χ2n) is 4.28. The number of carboxylic acids is 1. The number of pyridine rings is 1. The molecule has 2 atom stereocenters. The predicted molar refractivity (Wildman–Crippen MR) is 61.9 cm³/mol. The molecule has 1 aromatic heterocycles. The van der Waals surface area contributed by atoms with Crippen LogP contribution in [-0.2, 0) is 14.3 Å². The summed E-state index contributed by atoms with van der Waals surface area (Å²) in [6, 6.07) is 2.85. The first-order chi connectivity index (χ1) is 8.50. The number of hydrogen-bond acceptors (Lipinski definition) is 4. The van der Waals surface area contributed by atoms with Gasteiger partial charge in [0.2, 0.25) is 5.91 Å². The van der Waals surface area contributed by atoms with Crippen molar-refractivity contribution in [1.29, 1.82) is 0 Å². The van der Waals surface area contributed by atoms with E-state index >= 15 is 0 Å². The van der Waals surface area contributed by atoms with Crippen molar-refractivity contribution in [2.75, 3.05) is 13.7 Å². The van der Waals surface area contributed by atoms with Gasteiger partial charge in [-0.3, -0.25) is 9.78 Å². The van der Waals surface area contributed by atoms with Crippen LogP contribution in [0, 0.1) is 6.92 Å². The monoisotopic (exact) mass is 250 g/mol. The minimum Gasteiger partial charge on any atom is -0.479 e. The lowest BCUT2D eigenvalue weighted by Gasteiger charge is -2.36. The van der Waals surface area contributed by atoms with Crippen LogP contribution in [0.2, 0.25) is 0 Å². The maximum atomic E-state index is 11.6. The summed E-state index contributed by atoms with van der Waals surface area (Å²) in [7, 11) is 1.56. The molecule has 1 saturated heterocycles. The van der Waals surface area contributed by atoms with Gasteiger partial charge in [-0.25, -0.2) is 4.79 Å². The normalized spacial score (nSPS) is 24.1. The van der Waals surface area contributed by atoms with Gasteiger partial charge in [0.1, 0.15) is 12.6 Å². The molecule has 18 heavy (non-hydrogen) atoms. The zero-order chi connectivity index (χ0) is 13.3. The molecule has 1 N–H and O–H groups in total. The SMILES string of the molecule is Cc1ccc(C2C(C(=O)O)OCC(=O)N2C)nc1. The van der Waals surface area contributed by atoms with Gasteiger partial charge in [-0.2, -0.15) is 0 Å². The third kappa shape index (κ3) is 2.19. The standard InChI is InChI=1S/C12H14N2O4/c1-7-3-4-8(13-5-7)10-11(12(16)17)18-6-9(15)14(10)2/h3-5,10-11H,6H2,1-2H3,(H,16,17). The van der Waals surface area contributed by atoms with Gasteiger partial charge < -0.3 is 14.7 Å².